The summed E-state index contributed by atoms with van der Waals surface area (Å²) in [4.78, 5) is 20.1. The van der Waals surface area contributed by atoms with Gasteiger partial charge in [-0.25, -0.2) is 0 Å². The molecule has 0 saturated carbocycles. The number of methoxy groups -OCH3 is 1. The van der Waals surface area contributed by atoms with Crippen LogP contribution in [0.15, 0.2) is 70.6 Å². The maximum absolute atomic E-state index is 13.0. The van der Waals surface area contributed by atoms with Gasteiger partial charge in [0.25, 0.3) is 5.91 Å². The second-order valence-corrected chi connectivity index (χ2v) is 9.73. The number of fused-ring (bicyclic) bond motifs is 1. The molecular weight excluding hydrogens is 444 g/mol. The Balaban J connectivity index is 1.56. The molecule has 1 aliphatic rings. The van der Waals surface area contributed by atoms with Crippen LogP contribution in [-0.2, 0) is 11.4 Å². The van der Waals surface area contributed by atoms with Gasteiger partial charge in [0.05, 0.1) is 12.0 Å². The van der Waals surface area contributed by atoms with E-state index in [1.165, 1.54) is 22.5 Å². The minimum absolute atomic E-state index is 0.0188. The fraction of sp³-hybridized carbons (Fsp3) is 0.286. The lowest BCUT2D eigenvalue weighted by Crippen LogP contribution is -2.35. The molecule has 5 nitrogen and oxygen atoms in total. The average molecular weight is 475 g/mol. The van der Waals surface area contributed by atoms with Crippen LogP contribution in [0.1, 0.15) is 38.8 Å². The number of amidine groups is 1. The van der Waals surface area contributed by atoms with Crippen LogP contribution in [0.5, 0.6) is 11.5 Å². The molecule has 6 heteroatoms. The van der Waals surface area contributed by atoms with Crippen molar-refractivity contribution in [3.05, 3.63) is 76.7 Å². The van der Waals surface area contributed by atoms with Gasteiger partial charge in [-0.05, 0) is 79.6 Å². The topological polar surface area (TPSA) is 51.1 Å². The second-order valence-electron chi connectivity index (χ2n) is 8.72. The fourth-order valence-corrected chi connectivity index (χ4v) is 5.10. The summed E-state index contributed by atoms with van der Waals surface area (Å²) in [5, 5.41) is 3.12. The summed E-state index contributed by atoms with van der Waals surface area (Å²) in [7, 11) is 1.63. The van der Waals surface area contributed by atoms with Crippen molar-refractivity contribution < 1.29 is 14.3 Å². The molecule has 0 aromatic heterocycles. The second kappa shape index (κ2) is 10.3. The highest BCUT2D eigenvalue weighted by molar-refractivity contribution is 8.18. The third-order valence-electron chi connectivity index (χ3n) is 5.47. The molecule has 34 heavy (non-hydrogen) atoms. The van der Waals surface area contributed by atoms with Gasteiger partial charge in [0.2, 0.25) is 0 Å². The number of carbonyl (C=O) groups is 1. The number of hydrogen-bond donors (Lipinski definition) is 0. The number of rotatable bonds is 7. The summed E-state index contributed by atoms with van der Waals surface area (Å²) < 4.78 is 11.7. The van der Waals surface area contributed by atoms with Gasteiger partial charge in [-0.3, -0.25) is 14.7 Å². The van der Waals surface area contributed by atoms with Crippen molar-refractivity contribution in [3.8, 4) is 11.5 Å². The molecule has 0 N–H and O–H groups in total. The van der Waals surface area contributed by atoms with Crippen LogP contribution in [0.25, 0.3) is 16.8 Å². The van der Waals surface area contributed by atoms with E-state index in [-0.39, 0.29) is 18.0 Å². The number of thioether (sulfide) groups is 1. The highest BCUT2D eigenvalue weighted by atomic mass is 32.2. The Morgan fingerprint density at radius 2 is 1.76 bits per heavy atom. The first-order chi connectivity index (χ1) is 16.4. The summed E-state index contributed by atoms with van der Waals surface area (Å²) in [6.07, 6.45) is 1.89. The van der Waals surface area contributed by atoms with Crippen LogP contribution in [0, 0.1) is 0 Å². The smallest absolute Gasteiger partial charge is 0.266 e. The number of hydrogen-bond acceptors (Lipinski definition) is 5. The van der Waals surface area contributed by atoms with E-state index in [1.807, 2.05) is 70.2 Å². The molecule has 0 radical (unpaired) electrons. The monoisotopic (exact) mass is 474 g/mol. The highest BCUT2D eigenvalue weighted by Crippen LogP contribution is 2.36. The van der Waals surface area contributed by atoms with Gasteiger partial charge < -0.3 is 9.47 Å². The molecule has 1 fully saturated rings. The van der Waals surface area contributed by atoms with Crippen LogP contribution in [0.3, 0.4) is 0 Å². The highest BCUT2D eigenvalue weighted by Gasteiger charge is 2.35. The minimum atomic E-state index is -0.0188. The van der Waals surface area contributed by atoms with Gasteiger partial charge in [-0.1, -0.05) is 48.5 Å². The molecule has 176 valence electrons. The van der Waals surface area contributed by atoms with E-state index in [0.29, 0.717) is 23.0 Å². The number of nitrogens with zero attached hydrogens (tertiary/aromatic N) is 2. The van der Waals surface area contributed by atoms with Gasteiger partial charge in [-0.15, -0.1) is 0 Å². The zero-order valence-electron chi connectivity index (χ0n) is 20.2. The van der Waals surface area contributed by atoms with E-state index in [4.69, 9.17) is 9.47 Å². The molecule has 0 atom stereocenters. The van der Waals surface area contributed by atoms with Crippen LogP contribution in [0.2, 0.25) is 0 Å². The summed E-state index contributed by atoms with van der Waals surface area (Å²) in [6, 6.07) is 20.4. The first-order valence-electron chi connectivity index (χ1n) is 11.5. The van der Waals surface area contributed by atoms with Gasteiger partial charge in [0.15, 0.2) is 16.7 Å². The molecule has 3 aromatic rings. The molecule has 0 spiro atoms. The number of carbonyl (C=O) groups excluding carboxylic acids is 1. The van der Waals surface area contributed by atoms with Crippen LogP contribution >= 0.6 is 11.8 Å². The molecule has 4 rings (SSSR count). The zero-order chi connectivity index (χ0) is 24.2. The first kappa shape index (κ1) is 23.9. The number of benzene rings is 3. The van der Waals surface area contributed by atoms with Gasteiger partial charge >= 0.3 is 0 Å². The van der Waals surface area contributed by atoms with Crippen LogP contribution in [0.4, 0.5) is 0 Å². The quantitative estimate of drug-likeness (QED) is 0.366. The Labute approximate surface area is 205 Å². The summed E-state index contributed by atoms with van der Waals surface area (Å²) in [6.45, 7) is 8.47. The van der Waals surface area contributed by atoms with Crippen molar-refractivity contribution in [2.45, 2.75) is 46.4 Å². The van der Waals surface area contributed by atoms with E-state index in [0.717, 1.165) is 16.3 Å². The number of aliphatic imine (C=N–C) groups is 1. The SMILES string of the molecule is COc1cc(/C=C2/SC(=NC(C)C)N(C(C)C)C2=O)ccc1OCc1cccc2ccccc12. The normalized spacial score (nSPS) is 16.4. The Morgan fingerprint density at radius 1 is 1.00 bits per heavy atom. The van der Waals surface area contributed by atoms with Crippen molar-refractivity contribution >= 4 is 39.7 Å². The maximum Gasteiger partial charge on any atom is 0.266 e. The van der Waals surface area contributed by atoms with Crippen molar-refractivity contribution in [2.24, 2.45) is 4.99 Å². The summed E-state index contributed by atoms with van der Waals surface area (Å²) in [5.41, 5.74) is 1.99. The average Bonchev–Trinajstić information content (AvgIpc) is 3.11. The predicted octanol–water partition coefficient (Wildman–Crippen LogP) is 6.52. The molecule has 0 unspecified atom stereocenters. The molecule has 1 amide bonds. The molecule has 1 saturated heterocycles. The molecule has 3 aromatic carbocycles. The van der Waals surface area contributed by atoms with Crippen molar-refractivity contribution in [2.75, 3.05) is 7.11 Å². The lowest BCUT2D eigenvalue weighted by Gasteiger charge is -2.20. The van der Waals surface area contributed by atoms with E-state index in [1.54, 1.807) is 12.0 Å². The van der Waals surface area contributed by atoms with Gasteiger partial charge in [-0.2, -0.15) is 0 Å². The molecular formula is C28H30N2O3S. The number of ether oxygens (including phenoxy) is 2. The van der Waals surface area contributed by atoms with Crippen molar-refractivity contribution in [3.63, 3.8) is 0 Å². The first-order valence-corrected chi connectivity index (χ1v) is 12.3. The fourth-order valence-electron chi connectivity index (χ4n) is 3.87. The van der Waals surface area contributed by atoms with E-state index < -0.39 is 0 Å². The summed E-state index contributed by atoms with van der Waals surface area (Å²) >= 11 is 1.42. The van der Waals surface area contributed by atoms with E-state index in [9.17, 15) is 4.79 Å². The predicted molar refractivity (Wildman–Crippen MR) is 141 cm³/mol. The van der Waals surface area contributed by atoms with Gasteiger partial charge in [0.1, 0.15) is 6.61 Å². The minimum Gasteiger partial charge on any atom is -0.493 e. The van der Waals surface area contributed by atoms with Gasteiger partial charge in [0, 0.05) is 12.1 Å². The lowest BCUT2D eigenvalue weighted by molar-refractivity contribution is -0.123. The molecule has 0 bridgehead atoms. The Morgan fingerprint density at radius 3 is 2.50 bits per heavy atom. The van der Waals surface area contributed by atoms with E-state index >= 15 is 0 Å². The maximum atomic E-state index is 13.0. The molecule has 1 heterocycles. The van der Waals surface area contributed by atoms with E-state index in [2.05, 4.69) is 29.3 Å². The Hall–Kier alpha value is -3.25. The molecule has 1 aliphatic heterocycles. The Bertz CT molecular complexity index is 1260. The standard InChI is InChI=1S/C28H30N2O3S/c1-18(2)29-28-30(19(3)4)27(31)26(34-28)16-20-13-14-24(25(15-20)32-5)33-17-22-11-8-10-21-9-6-7-12-23(21)22/h6-16,18-19H,17H2,1-5H3/b26-16+,29-28?. The third-order valence-corrected chi connectivity index (χ3v) is 6.47. The largest absolute Gasteiger partial charge is 0.493 e. The third kappa shape index (κ3) is 5.12. The summed E-state index contributed by atoms with van der Waals surface area (Å²) in [5.74, 6) is 1.27. The number of amides is 1. The Kier molecular flexibility index (Phi) is 7.27. The van der Waals surface area contributed by atoms with Crippen molar-refractivity contribution in [1.82, 2.24) is 4.90 Å². The molecule has 0 aliphatic carbocycles. The zero-order valence-corrected chi connectivity index (χ0v) is 21.1. The van der Waals surface area contributed by atoms with Crippen LogP contribution < -0.4 is 9.47 Å². The van der Waals surface area contributed by atoms with Crippen LogP contribution in [-0.4, -0.2) is 35.2 Å². The lowest BCUT2D eigenvalue weighted by atomic mass is 10.1. The van der Waals surface area contributed by atoms with Crippen molar-refractivity contribution in [1.29, 1.82) is 0 Å².